The SMILES string of the molecule is C=C(Cl)/C=C\C(=C/N)PC(=O)c1cccc(Cl)c1. The molecule has 0 fully saturated rings. The molecule has 0 saturated carbocycles. The van der Waals surface area contributed by atoms with Gasteiger partial charge in [0, 0.05) is 21.8 Å². The van der Waals surface area contributed by atoms with Gasteiger partial charge in [-0.1, -0.05) is 48.0 Å². The minimum atomic E-state index is -0.0775. The second kappa shape index (κ2) is 7.38. The summed E-state index contributed by atoms with van der Waals surface area (Å²) in [5.74, 6) is 0. The molecule has 1 aromatic carbocycles. The normalized spacial score (nSPS) is 12.4. The van der Waals surface area contributed by atoms with Crippen LogP contribution in [-0.2, 0) is 0 Å². The van der Waals surface area contributed by atoms with E-state index >= 15 is 0 Å². The highest BCUT2D eigenvalue weighted by Gasteiger charge is 2.07. The summed E-state index contributed by atoms with van der Waals surface area (Å²) in [7, 11) is -0.0775. The Hall–Kier alpha value is -1.08. The van der Waals surface area contributed by atoms with E-state index in [-0.39, 0.29) is 14.1 Å². The highest BCUT2D eigenvalue weighted by Crippen LogP contribution is 2.29. The Morgan fingerprint density at radius 2 is 2.11 bits per heavy atom. The summed E-state index contributed by atoms with van der Waals surface area (Å²) in [5.41, 5.74) is 6.00. The van der Waals surface area contributed by atoms with E-state index in [1.54, 1.807) is 36.4 Å². The lowest BCUT2D eigenvalue weighted by atomic mass is 10.2. The zero-order chi connectivity index (χ0) is 13.5. The van der Waals surface area contributed by atoms with Crippen molar-refractivity contribution < 1.29 is 4.79 Å². The lowest BCUT2D eigenvalue weighted by Crippen LogP contribution is -1.92. The van der Waals surface area contributed by atoms with Gasteiger partial charge in [0.05, 0.1) is 0 Å². The van der Waals surface area contributed by atoms with E-state index in [9.17, 15) is 4.79 Å². The van der Waals surface area contributed by atoms with Crippen molar-refractivity contribution in [3.05, 3.63) is 70.1 Å². The summed E-state index contributed by atoms with van der Waals surface area (Å²) in [4.78, 5) is 12.0. The minimum absolute atomic E-state index is 0.0287. The number of carbonyl (C=O) groups excluding carboxylic acids is 1. The van der Waals surface area contributed by atoms with Crippen molar-refractivity contribution >= 4 is 37.3 Å². The molecule has 0 bridgehead atoms. The van der Waals surface area contributed by atoms with Crippen molar-refractivity contribution in [2.45, 2.75) is 0 Å². The van der Waals surface area contributed by atoms with E-state index in [0.29, 0.717) is 20.9 Å². The van der Waals surface area contributed by atoms with Crippen LogP contribution in [-0.4, -0.2) is 5.52 Å². The number of benzene rings is 1. The fourth-order valence-electron chi connectivity index (χ4n) is 1.15. The van der Waals surface area contributed by atoms with Crippen molar-refractivity contribution in [2.24, 2.45) is 5.73 Å². The van der Waals surface area contributed by atoms with Crippen LogP contribution in [0.1, 0.15) is 10.4 Å². The number of halogens is 2. The molecule has 0 spiro atoms. The first-order valence-electron chi connectivity index (χ1n) is 5.04. The molecule has 1 atom stereocenters. The molecule has 1 aromatic rings. The molecule has 0 aliphatic heterocycles. The maximum absolute atomic E-state index is 12.0. The molecule has 1 unspecified atom stereocenters. The van der Waals surface area contributed by atoms with Gasteiger partial charge in [-0.3, -0.25) is 4.79 Å². The summed E-state index contributed by atoms with van der Waals surface area (Å²) in [5, 5.41) is 1.62. The standard InChI is InChI=1S/C13H12Cl2NOP/c1-9(14)5-6-12(8-16)18-13(17)10-3-2-4-11(15)7-10/h2-8,18H,1,16H2/b6-5-,12-8+. The van der Waals surface area contributed by atoms with Crippen LogP contribution < -0.4 is 5.73 Å². The third-order valence-electron chi connectivity index (χ3n) is 1.97. The molecule has 2 N–H and O–H groups in total. The number of hydrogen-bond acceptors (Lipinski definition) is 2. The Labute approximate surface area is 118 Å². The van der Waals surface area contributed by atoms with Gasteiger partial charge < -0.3 is 5.73 Å². The fourth-order valence-corrected chi connectivity index (χ4v) is 2.22. The molecule has 0 saturated heterocycles. The quantitative estimate of drug-likeness (QED) is 0.652. The lowest BCUT2D eigenvalue weighted by molar-refractivity contribution is 0.108. The monoisotopic (exact) mass is 299 g/mol. The van der Waals surface area contributed by atoms with Crippen LogP contribution in [0.3, 0.4) is 0 Å². The van der Waals surface area contributed by atoms with Crippen molar-refractivity contribution in [3.8, 4) is 0 Å². The summed E-state index contributed by atoms with van der Waals surface area (Å²) in [6.45, 7) is 3.52. The molecule has 18 heavy (non-hydrogen) atoms. The van der Waals surface area contributed by atoms with Crippen LogP contribution in [0.5, 0.6) is 0 Å². The predicted octanol–water partition coefficient (Wildman–Crippen LogP) is 4.27. The largest absolute Gasteiger partial charge is 0.404 e. The molecular formula is C13H12Cl2NOP. The fraction of sp³-hybridized carbons (Fsp3) is 0. The Bertz CT molecular complexity index is 523. The number of rotatable bonds is 5. The van der Waals surface area contributed by atoms with Gasteiger partial charge in [0.1, 0.15) is 0 Å². The topological polar surface area (TPSA) is 43.1 Å². The first kappa shape index (κ1) is 15.0. The second-order valence-corrected chi connectivity index (χ2v) is 5.57. The molecule has 0 aliphatic rings. The Morgan fingerprint density at radius 3 is 2.67 bits per heavy atom. The van der Waals surface area contributed by atoms with E-state index in [4.69, 9.17) is 28.9 Å². The summed E-state index contributed by atoms with van der Waals surface area (Å²) in [6.07, 6.45) is 4.66. The Morgan fingerprint density at radius 1 is 1.39 bits per heavy atom. The summed E-state index contributed by atoms with van der Waals surface area (Å²) in [6, 6.07) is 6.82. The van der Waals surface area contributed by atoms with Crippen LogP contribution in [0.2, 0.25) is 5.02 Å². The van der Waals surface area contributed by atoms with E-state index < -0.39 is 0 Å². The van der Waals surface area contributed by atoms with Crippen molar-refractivity contribution in [1.29, 1.82) is 0 Å². The average molecular weight is 300 g/mol. The Kier molecular flexibility index (Phi) is 6.14. The van der Waals surface area contributed by atoms with Crippen molar-refractivity contribution in [3.63, 3.8) is 0 Å². The molecule has 0 aliphatic carbocycles. The maximum atomic E-state index is 12.0. The summed E-state index contributed by atoms with van der Waals surface area (Å²) >= 11 is 11.4. The highest BCUT2D eigenvalue weighted by molar-refractivity contribution is 7.63. The third-order valence-corrected chi connectivity index (χ3v) is 3.47. The van der Waals surface area contributed by atoms with Gasteiger partial charge >= 0.3 is 0 Å². The van der Waals surface area contributed by atoms with Crippen LogP contribution in [0.25, 0.3) is 0 Å². The zero-order valence-corrected chi connectivity index (χ0v) is 12.0. The molecule has 0 aromatic heterocycles. The number of nitrogens with two attached hydrogens (primary N) is 1. The van der Waals surface area contributed by atoms with E-state index in [1.165, 1.54) is 6.20 Å². The number of allylic oxidation sites excluding steroid dienone is 4. The molecule has 0 radical (unpaired) electrons. The van der Waals surface area contributed by atoms with E-state index in [1.807, 2.05) is 0 Å². The van der Waals surface area contributed by atoms with Gasteiger partial charge in [0.2, 0.25) is 0 Å². The van der Waals surface area contributed by atoms with Gasteiger partial charge in [-0.25, -0.2) is 0 Å². The Balaban J connectivity index is 2.78. The lowest BCUT2D eigenvalue weighted by Gasteiger charge is -2.02. The molecule has 94 valence electrons. The molecule has 0 amide bonds. The minimum Gasteiger partial charge on any atom is -0.404 e. The molecule has 5 heteroatoms. The van der Waals surface area contributed by atoms with Gasteiger partial charge in [-0.15, -0.1) is 0 Å². The van der Waals surface area contributed by atoms with Crippen molar-refractivity contribution in [1.82, 2.24) is 0 Å². The van der Waals surface area contributed by atoms with Crippen LogP contribution in [0.4, 0.5) is 0 Å². The maximum Gasteiger partial charge on any atom is 0.185 e. The van der Waals surface area contributed by atoms with Gasteiger partial charge in [0.25, 0.3) is 0 Å². The third kappa shape index (κ3) is 5.05. The first-order chi connectivity index (χ1) is 8.52. The second-order valence-electron chi connectivity index (χ2n) is 3.37. The van der Waals surface area contributed by atoms with Gasteiger partial charge in [-0.05, 0) is 32.1 Å². The molecule has 0 heterocycles. The van der Waals surface area contributed by atoms with Gasteiger partial charge in [-0.2, -0.15) is 0 Å². The predicted molar refractivity (Wildman–Crippen MR) is 80.5 cm³/mol. The van der Waals surface area contributed by atoms with Crippen LogP contribution in [0.15, 0.2) is 59.5 Å². The molecular weight excluding hydrogens is 288 g/mol. The number of hydrogen-bond donors (Lipinski definition) is 1. The highest BCUT2D eigenvalue weighted by atomic mass is 35.5. The van der Waals surface area contributed by atoms with Gasteiger partial charge in [0.15, 0.2) is 5.52 Å². The molecule has 2 nitrogen and oxygen atoms in total. The van der Waals surface area contributed by atoms with Crippen LogP contribution in [0, 0.1) is 0 Å². The zero-order valence-electron chi connectivity index (χ0n) is 9.49. The van der Waals surface area contributed by atoms with Crippen molar-refractivity contribution in [2.75, 3.05) is 0 Å². The average Bonchev–Trinajstić information content (AvgIpc) is 2.34. The first-order valence-corrected chi connectivity index (χ1v) is 6.80. The molecule has 1 rings (SSSR count). The summed E-state index contributed by atoms with van der Waals surface area (Å²) < 4.78 is 0. The number of carbonyl (C=O) groups is 1. The van der Waals surface area contributed by atoms with E-state index in [0.717, 1.165) is 0 Å². The van der Waals surface area contributed by atoms with E-state index in [2.05, 4.69) is 6.58 Å². The van der Waals surface area contributed by atoms with Crippen LogP contribution >= 0.6 is 31.8 Å². The smallest absolute Gasteiger partial charge is 0.185 e.